The Kier molecular flexibility index (Phi) is 7.70. The molecule has 0 saturated heterocycles. The zero-order valence-corrected chi connectivity index (χ0v) is 17.3. The summed E-state index contributed by atoms with van der Waals surface area (Å²) >= 11 is 0. The second-order valence-corrected chi connectivity index (χ2v) is 7.52. The van der Waals surface area contributed by atoms with E-state index in [0.29, 0.717) is 12.0 Å². The van der Waals surface area contributed by atoms with Crippen molar-refractivity contribution < 1.29 is 19.4 Å². The minimum Gasteiger partial charge on any atom is -0.481 e. The van der Waals surface area contributed by atoms with E-state index in [4.69, 9.17) is 4.74 Å². The maximum Gasteiger partial charge on any atom is 0.316 e. The summed E-state index contributed by atoms with van der Waals surface area (Å²) in [7, 11) is 1.45. The number of methoxy groups -OCH3 is 1. The van der Waals surface area contributed by atoms with Crippen LogP contribution in [0.5, 0.6) is 6.01 Å². The van der Waals surface area contributed by atoms with Gasteiger partial charge in [0.1, 0.15) is 11.6 Å². The average Bonchev–Trinajstić information content (AvgIpc) is 2.77. The van der Waals surface area contributed by atoms with E-state index in [1.807, 2.05) is 0 Å². The zero-order chi connectivity index (χ0) is 21.3. The number of carboxylic acid groups (broad SMARTS) is 1. The fourth-order valence-electron chi connectivity index (χ4n) is 3.61. The first-order valence-corrected chi connectivity index (χ1v) is 10.4. The molecule has 160 valence electrons. The smallest absolute Gasteiger partial charge is 0.316 e. The van der Waals surface area contributed by atoms with E-state index in [1.165, 1.54) is 25.1 Å². The molecule has 1 atom stereocenters. The number of carbonyl (C=O) groups is 2. The number of nitrogens with zero attached hydrogens (tertiary/aromatic N) is 3. The number of fused-ring (bicyclic) bond motifs is 1. The highest BCUT2D eigenvalue weighted by atomic mass is 16.5. The Morgan fingerprint density at radius 3 is 2.73 bits per heavy atom. The molecule has 1 aliphatic rings. The van der Waals surface area contributed by atoms with Crippen LogP contribution in [0.4, 0.5) is 5.82 Å². The summed E-state index contributed by atoms with van der Waals surface area (Å²) in [6.07, 6.45) is 8.50. The Morgan fingerprint density at radius 1 is 1.20 bits per heavy atom. The minimum absolute atomic E-state index is 0.0794. The number of ketones is 1. The van der Waals surface area contributed by atoms with Crippen LogP contribution < -0.4 is 10.1 Å². The number of nitrogens with one attached hydrogen (secondary N) is 1. The van der Waals surface area contributed by atoms with Gasteiger partial charge in [0, 0.05) is 43.0 Å². The van der Waals surface area contributed by atoms with Crippen LogP contribution in [0.25, 0.3) is 0 Å². The molecule has 0 amide bonds. The molecule has 1 aliphatic heterocycles. The molecular weight excluding hydrogens is 384 g/mol. The van der Waals surface area contributed by atoms with Crippen LogP contribution in [-0.4, -0.2) is 45.5 Å². The number of unbranched alkanes of at least 4 members (excludes halogenated alkanes) is 1. The van der Waals surface area contributed by atoms with Crippen LogP contribution in [0, 0.1) is 0 Å². The van der Waals surface area contributed by atoms with Gasteiger partial charge < -0.3 is 15.2 Å². The van der Waals surface area contributed by atoms with Gasteiger partial charge in [0.15, 0.2) is 0 Å². The maximum atomic E-state index is 12.2. The van der Waals surface area contributed by atoms with Gasteiger partial charge in [-0.2, -0.15) is 0 Å². The van der Waals surface area contributed by atoms with E-state index in [-0.39, 0.29) is 24.6 Å². The molecule has 8 heteroatoms. The lowest BCUT2D eigenvalue weighted by molar-refractivity contribution is -0.139. The quantitative estimate of drug-likeness (QED) is 0.541. The van der Waals surface area contributed by atoms with Crippen molar-refractivity contribution in [2.24, 2.45) is 0 Å². The lowest BCUT2D eigenvalue weighted by Gasteiger charge is -2.17. The molecule has 0 aromatic carbocycles. The van der Waals surface area contributed by atoms with Crippen molar-refractivity contribution in [3.63, 3.8) is 0 Å². The lowest BCUT2D eigenvalue weighted by Crippen LogP contribution is -2.14. The van der Waals surface area contributed by atoms with Gasteiger partial charge in [0.25, 0.3) is 0 Å². The van der Waals surface area contributed by atoms with E-state index in [1.54, 1.807) is 0 Å². The third-order valence-electron chi connectivity index (χ3n) is 5.33. The number of carbonyl (C=O) groups excluding carboxylic acids is 1. The Labute approximate surface area is 176 Å². The lowest BCUT2D eigenvalue weighted by atomic mass is 9.94. The van der Waals surface area contributed by atoms with Crippen molar-refractivity contribution in [2.45, 2.75) is 57.3 Å². The summed E-state index contributed by atoms with van der Waals surface area (Å²) < 4.78 is 4.89. The predicted octanol–water partition coefficient (Wildman–Crippen LogP) is 3.17. The second kappa shape index (κ2) is 10.7. The molecule has 0 radical (unpaired) electrons. The molecule has 3 heterocycles. The number of rotatable bonds is 11. The molecular formula is C22H28N4O4. The van der Waals surface area contributed by atoms with E-state index >= 15 is 0 Å². The molecule has 30 heavy (non-hydrogen) atoms. The summed E-state index contributed by atoms with van der Waals surface area (Å²) in [5.41, 5.74) is 2.79. The molecule has 3 rings (SSSR count). The molecule has 0 bridgehead atoms. The third-order valence-corrected chi connectivity index (χ3v) is 5.33. The third kappa shape index (κ3) is 5.98. The number of carboxylic acids is 1. The van der Waals surface area contributed by atoms with Crippen LogP contribution in [0.3, 0.4) is 0 Å². The highest BCUT2D eigenvalue weighted by Crippen LogP contribution is 2.23. The van der Waals surface area contributed by atoms with Crippen molar-refractivity contribution >= 4 is 17.6 Å². The Morgan fingerprint density at radius 2 is 2.00 bits per heavy atom. The van der Waals surface area contributed by atoms with Gasteiger partial charge in [-0.05, 0) is 50.2 Å². The van der Waals surface area contributed by atoms with Crippen molar-refractivity contribution in [2.75, 3.05) is 19.0 Å². The van der Waals surface area contributed by atoms with E-state index in [0.717, 1.165) is 50.2 Å². The Hall–Kier alpha value is -3.03. The first-order chi connectivity index (χ1) is 14.6. The van der Waals surface area contributed by atoms with Gasteiger partial charge in [0.2, 0.25) is 0 Å². The molecule has 0 saturated carbocycles. The molecule has 0 aliphatic carbocycles. The van der Waals surface area contributed by atoms with Gasteiger partial charge in [-0.3, -0.25) is 9.59 Å². The van der Waals surface area contributed by atoms with E-state index < -0.39 is 11.9 Å². The molecule has 2 aromatic heterocycles. The van der Waals surface area contributed by atoms with Gasteiger partial charge in [-0.15, -0.1) is 0 Å². The first kappa shape index (κ1) is 21.7. The average molecular weight is 412 g/mol. The molecule has 2 N–H and O–H groups in total. The number of hydrogen-bond donors (Lipinski definition) is 2. The summed E-state index contributed by atoms with van der Waals surface area (Å²) in [6.45, 7) is 0.970. The predicted molar refractivity (Wildman–Crippen MR) is 112 cm³/mol. The number of Topliss-reactive ketones (excluding diaryl/α,β-unsaturated/α-hetero) is 1. The Bertz CT molecular complexity index is 870. The Balaban J connectivity index is 1.40. The fraction of sp³-hybridized carbons (Fsp3) is 0.500. The normalized spacial score (nSPS) is 13.8. The minimum atomic E-state index is -0.983. The van der Waals surface area contributed by atoms with Crippen LogP contribution in [0.2, 0.25) is 0 Å². The van der Waals surface area contributed by atoms with E-state index in [9.17, 15) is 14.7 Å². The van der Waals surface area contributed by atoms with Gasteiger partial charge >= 0.3 is 12.0 Å². The number of pyridine rings is 1. The van der Waals surface area contributed by atoms with Crippen molar-refractivity contribution in [3.8, 4) is 6.01 Å². The zero-order valence-electron chi connectivity index (χ0n) is 17.3. The molecule has 0 unspecified atom stereocenters. The number of anilines is 1. The second-order valence-electron chi connectivity index (χ2n) is 7.52. The SMILES string of the molecule is COc1ncc([C@H](CCC(=O)CCCCc2ccc3c(n2)NCCC3)C(=O)O)cn1. The van der Waals surface area contributed by atoms with Crippen molar-refractivity contribution in [1.29, 1.82) is 0 Å². The van der Waals surface area contributed by atoms with Gasteiger partial charge in [0.05, 0.1) is 13.0 Å². The maximum absolute atomic E-state index is 12.2. The van der Waals surface area contributed by atoms with Gasteiger partial charge in [-0.25, -0.2) is 15.0 Å². The first-order valence-electron chi connectivity index (χ1n) is 10.4. The number of aliphatic carboxylic acids is 1. The summed E-state index contributed by atoms with van der Waals surface area (Å²) in [4.78, 5) is 36.4. The number of aryl methyl sites for hydroxylation is 2. The standard InChI is InChI=1S/C22H28N4O4/c1-30-22-24-13-16(14-25-22)19(21(28)29)11-10-18(27)7-3-2-6-17-9-8-15-5-4-12-23-20(15)26-17/h8-9,13-14,19H,2-7,10-12H2,1H3,(H,23,26)(H,28,29)/t19-/m0/s1. The number of hydrogen-bond acceptors (Lipinski definition) is 7. The van der Waals surface area contributed by atoms with Crippen molar-refractivity contribution in [1.82, 2.24) is 15.0 Å². The summed E-state index contributed by atoms with van der Waals surface area (Å²) in [5, 5.41) is 12.8. The van der Waals surface area contributed by atoms with Crippen LogP contribution in [0.15, 0.2) is 24.5 Å². The highest BCUT2D eigenvalue weighted by molar-refractivity contribution is 5.80. The molecule has 0 spiro atoms. The van der Waals surface area contributed by atoms with Gasteiger partial charge in [-0.1, -0.05) is 6.07 Å². The highest BCUT2D eigenvalue weighted by Gasteiger charge is 2.22. The monoisotopic (exact) mass is 412 g/mol. The van der Waals surface area contributed by atoms with Crippen LogP contribution in [0.1, 0.15) is 61.3 Å². The van der Waals surface area contributed by atoms with Crippen molar-refractivity contribution in [3.05, 3.63) is 41.3 Å². The molecule has 2 aromatic rings. The fourth-order valence-corrected chi connectivity index (χ4v) is 3.61. The molecule has 0 fully saturated rings. The van der Waals surface area contributed by atoms with Crippen LogP contribution in [-0.2, 0) is 22.4 Å². The summed E-state index contributed by atoms with van der Waals surface area (Å²) in [6, 6.07) is 4.40. The largest absolute Gasteiger partial charge is 0.481 e. The molecule has 8 nitrogen and oxygen atoms in total. The number of ether oxygens (including phenoxy) is 1. The van der Waals surface area contributed by atoms with E-state index in [2.05, 4.69) is 32.4 Å². The summed E-state index contributed by atoms with van der Waals surface area (Å²) in [5.74, 6) is -0.705. The topological polar surface area (TPSA) is 114 Å². The van der Waals surface area contributed by atoms with Crippen LogP contribution >= 0.6 is 0 Å². The number of aromatic nitrogens is 3.